The van der Waals surface area contributed by atoms with Crippen molar-refractivity contribution >= 4 is 21.8 Å². The third-order valence-corrected chi connectivity index (χ3v) is 4.65. The molecule has 7 heteroatoms. The summed E-state index contributed by atoms with van der Waals surface area (Å²) in [7, 11) is 1.69. The van der Waals surface area contributed by atoms with E-state index in [1.165, 1.54) is 4.90 Å². The molecule has 0 saturated heterocycles. The molecule has 146 valence electrons. The van der Waals surface area contributed by atoms with E-state index in [2.05, 4.69) is 32.1 Å². The fourth-order valence-electron chi connectivity index (χ4n) is 2.91. The van der Waals surface area contributed by atoms with E-state index in [0.29, 0.717) is 17.5 Å². The number of nitrogens with zero attached hydrogens (tertiary/aromatic N) is 3. The van der Waals surface area contributed by atoms with Gasteiger partial charge in [-0.05, 0) is 56.2 Å². The molecular weight excluding hydrogens is 422 g/mol. The Morgan fingerprint density at radius 1 is 1.21 bits per heavy atom. The van der Waals surface area contributed by atoms with Gasteiger partial charge in [0.15, 0.2) is 6.10 Å². The first-order valence-electron chi connectivity index (χ1n) is 8.90. The summed E-state index contributed by atoms with van der Waals surface area (Å²) in [6, 6.07) is 13.5. The minimum Gasteiger partial charge on any atom is -0.481 e. The number of carbonyl (C=O) groups excluding carboxylic acids is 1. The molecule has 3 aromatic rings. The molecular formula is C21H22BrN3O3. The number of carbonyl (C=O) groups is 1. The van der Waals surface area contributed by atoms with Crippen molar-refractivity contribution in [1.82, 2.24) is 15.0 Å². The van der Waals surface area contributed by atoms with Gasteiger partial charge in [-0.2, -0.15) is 4.98 Å². The molecule has 0 fully saturated rings. The number of aryl methyl sites for hydroxylation is 2. The summed E-state index contributed by atoms with van der Waals surface area (Å²) in [5, 5.41) is 4.00. The monoisotopic (exact) mass is 443 g/mol. The highest BCUT2D eigenvalue weighted by Gasteiger charge is 2.21. The van der Waals surface area contributed by atoms with Crippen LogP contribution in [-0.2, 0) is 11.3 Å². The van der Waals surface area contributed by atoms with Gasteiger partial charge in [0.1, 0.15) is 5.75 Å². The number of halogens is 1. The van der Waals surface area contributed by atoms with E-state index in [-0.39, 0.29) is 12.5 Å². The van der Waals surface area contributed by atoms with Crippen molar-refractivity contribution in [3.05, 3.63) is 64.0 Å². The second-order valence-corrected chi connectivity index (χ2v) is 7.72. The maximum Gasteiger partial charge on any atom is 0.263 e. The van der Waals surface area contributed by atoms with Crippen LogP contribution < -0.4 is 4.74 Å². The van der Waals surface area contributed by atoms with E-state index in [1.54, 1.807) is 14.0 Å². The highest BCUT2D eigenvalue weighted by molar-refractivity contribution is 9.10. The van der Waals surface area contributed by atoms with E-state index >= 15 is 0 Å². The lowest BCUT2D eigenvalue weighted by Gasteiger charge is -2.21. The maximum absolute atomic E-state index is 12.6. The van der Waals surface area contributed by atoms with Crippen LogP contribution in [0, 0.1) is 13.8 Å². The molecule has 6 nitrogen and oxygen atoms in total. The molecule has 0 bridgehead atoms. The van der Waals surface area contributed by atoms with E-state index in [9.17, 15) is 4.79 Å². The summed E-state index contributed by atoms with van der Waals surface area (Å²) in [6.45, 7) is 5.94. The molecule has 0 unspecified atom stereocenters. The molecule has 0 aliphatic rings. The van der Waals surface area contributed by atoms with Crippen LogP contribution >= 0.6 is 15.9 Å². The quantitative estimate of drug-likeness (QED) is 0.559. The van der Waals surface area contributed by atoms with E-state index < -0.39 is 6.10 Å². The van der Waals surface area contributed by atoms with Crippen LogP contribution in [0.25, 0.3) is 11.4 Å². The van der Waals surface area contributed by atoms with Crippen molar-refractivity contribution in [3.63, 3.8) is 0 Å². The second kappa shape index (κ2) is 8.56. The Labute approximate surface area is 172 Å². The number of likely N-dealkylation sites (N-methyl/N-ethyl adjacent to an activating group) is 1. The minimum atomic E-state index is -0.626. The molecule has 2 aromatic carbocycles. The predicted octanol–water partition coefficient (Wildman–Crippen LogP) is 4.54. The summed E-state index contributed by atoms with van der Waals surface area (Å²) in [4.78, 5) is 18.5. The molecule has 0 aliphatic heterocycles. The number of rotatable bonds is 6. The number of benzene rings is 2. The lowest BCUT2D eigenvalue weighted by atomic mass is 10.1. The van der Waals surface area contributed by atoms with Crippen molar-refractivity contribution in [1.29, 1.82) is 0 Å². The molecule has 1 heterocycles. The summed E-state index contributed by atoms with van der Waals surface area (Å²) < 4.78 is 12.1. The zero-order valence-corrected chi connectivity index (χ0v) is 17.9. The van der Waals surface area contributed by atoms with Crippen LogP contribution in [0.2, 0.25) is 0 Å². The Balaban J connectivity index is 1.64. The standard InChI is InChI=1S/C21H22BrN3O3/c1-13-8-14(2)10-18(9-13)27-15(3)21(26)25(4)12-19-23-20(24-28-19)16-6-5-7-17(22)11-16/h5-11,15H,12H2,1-4H3/t15-/m1/s1. The summed E-state index contributed by atoms with van der Waals surface area (Å²) in [5.41, 5.74) is 3.02. The fourth-order valence-corrected chi connectivity index (χ4v) is 3.31. The van der Waals surface area contributed by atoms with Gasteiger partial charge in [-0.3, -0.25) is 4.79 Å². The van der Waals surface area contributed by atoms with Crippen molar-refractivity contribution in [2.24, 2.45) is 0 Å². The van der Waals surface area contributed by atoms with Gasteiger partial charge < -0.3 is 14.2 Å². The highest BCUT2D eigenvalue weighted by Crippen LogP contribution is 2.21. The van der Waals surface area contributed by atoms with Gasteiger partial charge in [0.2, 0.25) is 11.7 Å². The van der Waals surface area contributed by atoms with Crippen molar-refractivity contribution in [3.8, 4) is 17.1 Å². The van der Waals surface area contributed by atoms with Crippen LogP contribution in [0.4, 0.5) is 0 Å². The Bertz CT molecular complexity index is 966. The van der Waals surface area contributed by atoms with Gasteiger partial charge in [-0.25, -0.2) is 0 Å². The van der Waals surface area contributed by atoms with Crippen molar-refractivity contribution < 1.29 is 14.1 Å². The number of hydrogen-bond acceptors (Lipinski definition) is 5. The largest absolute Gasteiger partial charge is 0.481 e. The van der Waals surface area contributed by atoms with E-state index in [4.69, 9.17) is 9.26 Å². The minimum absolute atomic E-state index is 0.165. The number of ether oxygens (including phenoxy) is 1. The van der Waals surface area contributed by atoms with E-state index in [1.807, 2.05) is 50.2 Å². The van der Waals surface area contributed by atoms with Gasteiger partial charge in [0, 0.05) is 17.1 Å². The van der Waals surface area contributed by atoms with Gasteiger partial charge in [-0.15, -0.1) is 0 Å². The van der Waals surface area contributed by atoms with Gasteiger partial charge in [-0.1, -0.05) is 39.3 Å². The van der Waals surface area contributed by atoms with Crippen LogP contribution in [0.1, 0.15) is 23.9 Å². The second-order valence-electron chi connectivity index (χ2n) is 6.80. The molecule has 1 amide bonds. The highest BCUT2D eigenvalue weighted by atomic mass is 79.9. The molecule has 0 radical (unpaired) electrons. The summed E-state index contributed by atoms with van der Waals surface area (Å²) in [6.07, 6.45) is -0.626. The van der Waals surface area contributed by atoms with Gasteiger partial charge in [0.25, 0.3) is 5.91 Å². The molecule has 0 N–H and O–H groups in total. The molecule has 3 rings (SSSR count). The van der Waals surface area contributed by atoms with Gasteiger partial charge in [0.05, 0.1) is 6.54 Å². The maximum atomic E-state index is 12.6. The van der Waals surface area contributed by atoms with Crippen molar-refractivity contribution in [2.45, 2.75) is 33.4 Å². The number of aromatic nitrogens is 2. The number of hydrogen-bond donors (Lipinski definition) is 0. The first kappa shape index (κ1) is 20.1. The third-order valence-electron chi connectivity index (χ3n) is 4.16. The molecule has 0 aliphatic carbocycles. The van der Waals surface area contributed by atoms with Crippen LogP contribution in [0.15, 0.2) is 51.5 Å². The van der Waals surface area contributed by atoms with E-state index in [0.717, 1.165) is 21.2 Å². The zero-order chi connectivity index (χ0) is 20.3. The Hall–Kier alpha value is -2.67. The SMILES string of the molecule is Cc1cc(C)cc(O[C@H](C)C(=O)N(C)Cc2nc(-c3cccc(Br)c3)no2)c1. The Morgan fingerprint density at radius 3 is 2.61 bits per heavy atom. The summed E-state index contributed by atoms with van der Waals surface area (Å²) in [5.74, 6) is 1.36. The predicted molar refractivity (Wildman–Crippen MR) is 110 cm³/mol. The third kappa shape index (κ3) is 4.98. The summed E-state index contributed by atoms with van der Waals surface area (Å²) >= 11 is 3.42. The normalized spacial score (nSPS) is 11.9. The van der Waals surface area contributed by atoms with Crippen molar-refractivity contribution in [2.75, 3.05) is 7.05 Å². The molecule has 28 heavy (non-hydrogen) atoms. The first-order chi connectivity index (χ1) is 13.3. The van der Waals surface area contributed by atoms with Crippen LogP contribution in [0.5, 0.6) is 5.75 Å². The lowest BCUT2D eigenvalue weighted by Crippen LogP contribution is -2.37. The van der Waals surface area contributed by atoms with Crippen LogP contribution in [-0.4, -0.2) is 34.1 Å². The average Bonchev–Trinajstić information content (AvgIpc) is 3.08. The Morgan fingerprint density at radius 2 is 1.93 bits per heavy atom. The first-order valence-corrected chi connectivity index (χ1v) is 9.69. The Kier molecular flexibility index (Phi) is 6.14. The lowest BCUT2D eigenvalue weighted by molar-refractivity contribution is -0.137. The fraction of sp³-hybridized carbons (Fsp3) is 0.286. The number of amides is 1. The van der Waals surface area contributed by atoms with Crippen LogP contribution in [0.3, 0.4) is 0 Å². The molecule has 0 saturated carbocycles. The topological polar surface area (TPSA) is 68.5 Å². The molecule has 1 aromatic heterocycles. The smallest absolute Gasteiger partial charge is 0.263 e. The average molecular weight is 444 g/mol. The van der Waals surface area contributed by atoms with Gasteiger partial charge >= 0.3 is 0 Å². The zero-order valence-electron chi connectivity index (χ0n) is 16.3. The molecule has 1 atom stereocenters. The molecule has 0 spiro atoms.